The summed E-state index contributed by atoms with van der Waals surface area (Å²) in [6.07, 6.45) is -5.84. The topological polar surface area (TPSA) is 29.5 Å². The minimum Gasteiger partial charge on any atom is -0.390 e. The molecule has 0 radical (unpaired) electrons. The Morgan fingerprint density at radius 3 is 2.17 bits per heavy atom. The quantitative estimate of drug-likeness (QED) is 0.830. The highest BCUT2D eigenvalue weighted by atomic mass is 19.4. The number of aliphatic hydroxyl groups excluding tert-OH is 1. The summed E-state index contributed by atoms with van der Waals surface area (Å²) >= 11 is 0. The molecular formula is C13H23F3O2. The van der Waals surface area contributed by atoms with E-state index in [0.717, 1.165) is 13.3 Å². The molecule has 4 atom stereocenters. The van der Waals surface area contributed by atoms with Crippen molar-refractivity contribution in [2.45, 2.75) is 71.4 Å². The highest BCUT2D eigenvalue weighted by Gasteiger charge is 2.42. The third-order valence-corrected chi connectivity index (χ3v) is 3.82. The molecule has 0 aromatic heterocycles. The predicted molar refractivity (Wildman–Crippen MR) is 63.2 cm³/mol. The molecule has 1 rings (SSSR count). The molecule has 1 fully saturated rings. The molecule has 4 unspecified atom stereocenters. The third kappa shape index (κ3) is 4.12. The molecule has 1 N–H and O–H groups in total. The van der Waals surface area contributed by atoms with E-state index in [1.165, 1.54) is 0 Å². The van der Waals surface area contributed by atoms with Gasteiger partial charge in [-0.3, -0.25) is 0 Å². The van der Waals surface area contributed by atoms with Crippen LogP contribution in [0.15, 0.2) is 0 Å². The van der Waals surface area contributed by atoms with Crippen LogP contribution in [0.3, 0.4) is 0 Å². The number of aliphatic hydroxyl groups is 1. The minimum atomic E-state index is -4.37. The van der Waals surface area contributed by atoms with Gasteiger partial charge in [0.25, 0.3) is 0 Å². The smallest absolute Gasteiger partial charge is 0.390 e. The molecule has 0 amide bonds. The SMILES string of the molecule is CC(OC1CC(C(C)(C)C)CCC1O)C(F)(F)F. The van der Waals surface area contributed by atoms with Crippen LogP contribution < -0.4 is 0 Å². The monoisotopic (exact) mass is 268 g/mol. The molecule has 108 valence electrons. The molecule has 0 bridgehead atoms. The Bertz CT molecular complexity index is 268. The first kappa shape index (κ1) is 15.8. The Labute approximate surface area is 107 Å². The summed E-state index contributed by atoms with van der Waals surface area (Å²) in [5, 5.41) is 9.77. The van der Waals surface area contributed by atoms with Crippen LogP contribution in [0.2, 0.25) is 0 Å². The first-order valence-corrected chi connectivity index (χ1v) is 6.42. The molecule has 2 nitrogen and oxygen atoms in total. The van der Waals surface area contributed by atoms with Crippen LogP contribution in [0.4, 0.5) is 13.2 Å². The van der Waals surface area contributed by atoms with Crippen molar-refractivity contribution in [3.05, 3.63) is 0 Å². The number of hydrogen-bond donors (Lipinski definition) is 1. The van der Waals surface area contributed by atoms with Crippen molar-refractivity contribution in [1.29, 1.82) is 0 Å². The van der Waals surface area contributed by atoms with Crippen LogP contribution in [0.25, 0.3) is 0 Å². The van der Waals surface area contributed by atoms with Gasteiger partial charge >= 0.3 is 6.18 Å². The zero-order valence-corrected chi connectivity index (χ0v) is 11.4. The molecule has 0 aromatic rings. The Balaban J connectivity index is 2.63. The van der Waals surface area contributed by atoms with Crippen molar-refractivity contribution < 1.29 is 23.0 Å². The molecular weight excluding hydrogens is 245 g/mol. The molecule has 1 aliphatic carbocycles. The average molecular weight is 268 g/mol. The van der Waals surface area contributed by atoms with E-state index in [2.05, 4.69) is 20.8 Å². The summed E-state index contributed by atoms with van der Waals surface area (Å²) in [7, 11) is 0. The van der Waals surface area contributed by atoms with E-state index < -0.39 is 24.5 Å². The van der Waals surface area contributed by atoms with Crippen molar-refractivity contribution >= 4 is 0 Å². The molecule has 1 saturated carbocycles. The molecule has 0 heterocycles. The van der Waals surface area contributed by atoms with E-state index >= 15 is 0 Å². The predicted octanol–water partition coefficient (Wildman–Crippen LogP) is 3.53. The molecule has 5 heteroatoms. The zero-order valence-electron chi connectivity index (χ0n) is 11.4. The van der Waals surface area contributed by atoms with Crippen LogP contribution in [-0.4, -0.2) is 29.6 Å². The van der Waals surface area contributed by atoms with Crippen LogP contribution in [-0.2, 0) is 4.74 Å². The van der Waals surface area contributed by atoms with Crippen LogP contribution in [0.5, 0.6) is 0 Å². The second-order valence-electron chi connectivity index (χ2n) is 6.30. The van der Waals surface area contributed by atoms with Gasteiger partial charge in [-0.2, -0.15) is 13.2 Å². The second kappa shape index (κ2) is 5.37. The Kier molecular flexibility index (Phi) is 4.70. The first-order chi connectivity index (χ1) is 8.01. The van der Waals surface area contributed by atoms with E-state index in [4.69, 9.17) is 4.74 Å². The lowest BCUT2D eigenvalue weighted by Gasteiger charge is -2.40. The summed E-state index contributed by atoms with van der Waals surface area (Å²) in [5.74, 6) is 0.284. The van der Waals surface area contributed by atoms with Gasteiger partial charge in [0.05, 0.1) is 12.2 Å². The van der Waals surface area contributed by atoms with E-state index in [1.54, 1.807) is 0 Å². The lowest BCUT2D eigenvalue weighted by Crippen LogP contribution is -2.44. The van der Waals surface area contributed by atoms with Crippen LogP contribution in [0.1, 0.15) is 47.0 Å². The standard InChI is InChI=1S/C13H23F3O2/c1-8(13(14,15)16)18-11-7-9(12(2,3)4)5-6-10(11)17/h8-11,17H,5-7H2,1-4H3. The highest BCUT2D eigenvalue weighted by molar-refractivity contribution is 4.87. The Morgan fingerprint density at radius 1 is 1.17 bits per heavy atom. The highest BCUT2D eigenvalue weighted by Crippen LogP contribution is 2.39. The Morgan fingerprint density at radius 2 is 1.72 bits per heavy atom. The fourth-order valence-electron chi connectivity index (χ4n) is 2.39. The van der Waals surface area contributed by atoms with Crippen molar-refractivity contribution in [1.82, 2.24) is 0 Å². The van der Waals surface area contributed by atoms with Gasteiger partial charge in [-0.05, 0) is 37.5 Å². The summed E-state index contributed by atoms with van der Waals surface area (Å²) < 4.78 is 42.4. The molecule has 1 aliphatic rings. The number of ether oxygens (including phenoxy) is 1. The van der Waals surface area contributed by atoms with Gasteiger partial charge in [-0.25, -0.2) is 0 Å². The second-order valence-corrected chi connectivity index (χ2v) is 6.30. The van der Waals surface area contributed by atoms with Gasteiger partial charge in [0.15, 0.2) is 6.10 Å². The molecule has 18 heavy (non-hydrogen) atoms. The minimum absolute atomic E-state index is 0.0310. The maximum atomic E-state index is 12.5. The van der Waals surface area contributed by atoms with Gasteiger partial charge in [0.1, 0.15) is 0 Å². The maximum absolute atomic E-state index is 12.5. The fraction of sp³-hybridized carbons (Fsp3) is 1.00. The third-order valence-electron chi connectivity index (χ3n) is 3.82. The summed E-state index contributed by atoms with van der Waals surface area (Å²) in [6, 6.07) is 0. The van der Waals surface area contributed by atoms with Gasteiger partial charge < -0.3 is 9.84 Å². The molecule has 0 spiro atoms. The fourth-order valence-corrected chi connectivity index (χ4v) is 2.39. The number of alkyl halides is 3. The maximum Gasteiger partial charge on any atom is 0.414 e. The number of hydrogen-bond acceptors (Lipinski definition) is 2. The number of rotatable bonds is 2. The average Bonchev–Trinajstić information content (AvgIpc) is 2.18. The molecule has 0 aromatic carbocycles. The van der Waals surface area contributed by atoms with E-state index in [9.17, 15) is 18.3 Å². The van der Waals surface area contributed by atoms with Crippen molar-refractivity contribution in [2.24, 2.45) is 11.3 Å². The van der Waals surface area contributed by atoms with Gasteiger partial charge in [0, 0.05) is 0 Å². The lowest BCUT2D eigenvalue weighted by molar-refractivity contribution is -0.242. The summed E-state index contributed by atoms with van der Waals surface area (Å²) in [5.41, 5.74) is 0.0310. The molecule has 0 aliphatic heterocycles. The van der Waals surface area contributed by atoms with Crippen molar-refractivity contribution in [3.8, 4) is 0 Å². The largest absolute Gasteiger partial charge is 0.414 e. The van der Waals surface area contributed by atoms with Gasteiger partial charge in [-0.15, -0.1) is 0 Å². The molecule has 0 saturated heterocycles. The lowest BCUT2D eigenvalue weighted by atomic mass is 9.71. The van der Waals surface area contributed by atoms with E-state index in [0.29, 0.717) is 12.8 Å². The van der Waals surface area contributed by atoms with E-state index in [1.807, 2.05) is 0 Å². The first-order valence-electron chi connectivity index (χ1n) is 6.42. The van der Waals surface area contributed by atoms with Gasteiger partial charge in [-0.1, -0.05) is 20.8 Å². The zero-order chi connectivity index (χ0) is 14.1. The van der Waals surface area contributed by atoms with Crippen LogP contribution >= 0.6 is 0 Å². The number of halogens is 3. The van der Waals surface area contributed by atoms with Crippen LogP contribution in [0, 0.1) is 11.3 Å². The van der Waals surface area contributed by atoms with Crippen molar-refractivity contribution in [3.63, 3.8) is 0 Å². The summed E-state index contributed by atoms with van der Waals surface area (Å²) in [4.78, 5) is 0. The normalized spacial score (nSPS) is 32.3. The summed E-state index contributed by atoms with van der Waals surface area (Å²) in [6.45, 7) is 7.20. The van der Waals surface area contributed by atoms with Crippen molar-refractivity contribution in [2.75, 3.05) is 0 Å². The van der Waals surface area contributed by atoms with Gasteiger partial charge in [0.2, 0.25) is 0 Å². The van der Waals surface area contributed by atoms with E-state index in [-0.39, 0.29) is 11.3 Å². The Hall–Kier alpha value is -0.290.